The van der Waals surface area contributed by atoms with E-state index in [-0.39, 0.29) is 5.82 Å². The topological polar surface area (TPSA) is 74.8 Å². The summed E-state index contributed by atoms with van der Waals surface area (Å²) in [6, 6.07) is 1.53. The highest BCUT2D eigenvalue weighted by molar-refractivity contribution is 7.92. The van der Waals surface area contributed by atoms with E-state index in [0.717, 1.165) is 18.5 Å². The van der Waals surface area contributed by atoms with Crippen LogP contribution in [0.2, 0.25) is 0 Å². The molecule has 5 nitrogen and oxygen atoms in total. The maximum Gasteiger partial charge on any atom is 0.389 e. The summed E-state index contributed by atoms with van der Waals surface area (Å²) < 4.78 is 60.9. The molecule has 0 aliphatic rings. The van der Waals surface area contributed by atoms with Crippen LogP contribution in [0.5, 0.6) is 0 Å². The Bertz CT molecular complexity index is 496. The van der Waals surface area contributed by atoms with Crippen LogP contribution in [0.1, 0.15) is 31.9 Å². The summed E-state index contributed by atoms with van der Waals surface area (Å²) in [6.07, 6.45) is -4.32. The number of alkyl halides is 3. The summed E-state index contributed by atoms with van der Waals surface area (Å²) in [4.78, 5) is 0. The van der Waals surface area contributed by atoms with Crippen molar-refractivity contribution in [1.82, 2.24) is 10.2 Å². The summed E-state index contributed by atoms with van der Waals surface area (Å²) in [7, 11) is -3.79. The van der Waals surface area contributed by atoms with E-state index < -0.39 is 34.8 Å². The minimum absolute atomic E-state index is 0.107. The minimum atomic E-state index is -4.34. The third kappa shape index (κ3) is 6.46. The lowest BCUT2D eigenvalue weighted by Gasteiger charge is -2.07. The molecule has 0 aliphatic heterocycles. The van der Waals surface area contributed by atoms with Crippen LogP contribution in [0.3, 0.4) is 0 Å². The molecule has 0 fully saturated rings. The van der Waals surface area contributed by atoms with Gasteiger partial charge < -0.3 is 0 Å². The van der Waals surface area contributed by atoms with Gasteiger partial charge in [0.15, 0.2) is 5.82 Å². The lowest BCUT2D eigenvalue weighted by atomic mass is 10.2. The van der Waals surface area contributed by atoms with E-state index in [4.69, 9.17) is 0 Å². The Balaban J connectivity index is 2.49. The number of rotatable bonds is 7. The predicted molar refractivity (Wildman–Crippen MR) is 65.3 cm³/mol. The molecule has 19 heavy (non-hydrogen) atoms. The highest BCUT2D eigenvalue weighted by Gasteiger charge is 2.27. The summed E-state index contributed by atoms with van der Waals surface area (Å²) in [5.74, 6) is -0.474. The molecule has 0 bridgehead atoms. The van der Waals surface area contributed by atoms with Crippen LogP contribution in [0.15, 0.2) is 6.07 Å². The van der Waals surface area contributed by atoms with Gasteiger partial charge in [0, 0.05) is 18.2 Å². The Morgan fingerprint density at radius 3 is 2.68 bits per heavy atom. The molecule has 9 heteroatoms. The van der Waals surface area contributed by atoms with Crippen LogP contribution in [0, 0.1) is 0 Å². The fraction of sp³-hybridized carbons (Fsp3) is 0.700. The number of sulfonamides is 1. The average Bonchev–Trinajstić information content (AvgIpc) is 2.62. The number of aromatic amines is 1. The molecule has 0 saturated carbocycles. The molecule has 0 saturated heterocycles. The SMILES string of the molecule is CCCc1cc(NS(=O)(=O)CCCC(F)(F)F)n[nH]1. The van der Waals surface area contributed by atoms with Gasteiger partial charge in [-0.2, -0.15) is 18.3 Å². The van der Waals surface area contributed by atoms with E-state index >= 15 is 0 Å². The number of hydrogen-bond donors (Lipinski definition) is 2. The summed E-state index contributed by atoms with van der Waals surface area (Å²) >= 11 is 0. The van der Waals surface area contributed by atoms with E-state index in [1.54, 1.807) is 0 Å². The zero-order chi connectivity index (χ0) is 14.5. The number of aryl methyl sites for hydroxylation is 1. The van der Waals surface area contributed by atoms with Crippen LogP contribution in [-0.4, -0.2) is 30.5 Å². The summed E-state index contributed by atoms with van der Waals surface area (Å²) in [5.41, 5.74) is 0.774. The van der Waals surface area contributed by atoms with Gasteiger partial charge in [-0.3, -0.25) is 9.82 Å². The maximum absolute atomic E-state index is 11.9. The first-order chi connectivity index (χ1) is 8.72. The van der Waals surface area contributed by atoms with Crippen molar-refractivity contribution >= 4 is 15.8 Å². The number of H-pyrrole nitrogens is 1. The van der Waals surface area contributed by atoms with Crippen LogP contribution >= 0.6 is 0 Å². The summed E-state index contributed by atoms with van der Waals surface area (Å²) in [6.45, 7) is 1.96. The monoisotopic (exact) mass is 299 g/mol. The zero-order valence-corrected chi connectivity index (χ0v) is 11.2. The van der Waals surface area contributed by atoms with Gasteiger partial charge in [-0.1, -0.05) is 13.3 Å². The van der Waals surface area contributed by atoms with Crippen LogP contribution in [0.25, 0.3) is 0 Å². The van der Waals surface area contributed by atoms with Crippen molar-refractivity contribution in [2.24, 2.45) is 0 Å². The minimum Gasteiger partial charge on any atom is -0.280 e. The first-order valence-corrected chi connectivity index (χ1v) is 7.48. The molecule has 0 aromatic carbocycles. The maximum atomic E-state index is 11.9. The van der Waals surface area contributed by atoms with Crippen molar-refractivity contribution in [3.63, 3.8) is 0 Å². The first kappa shape index (κ1) is 15.8. The lowest BCUT2D eigenvalue weighted by Crippen LogP contribution is -2.19. The number of anilines is 1. The normalized spacial score (nSPS) is 12.6. The molecular formula is C10H16F3N3O2S. The van der Waals surface area contributed by atoms with Crippen molar-refractivity contribution in [3.8, 4) is 0 Å². The second-order valence-corrected chi connectivity index (χ2v) is 6.01. The third-order valence-corrected chi connectivity index (χ3v) is 3.63. The largest absolute Gasteiger partial charge is 0.389 e. The van der Waals surface area contributed by atoms with Gasteiger partial charge in [-0.15, -0.1) is 0 Å². The van der Waals surface area contributed by atoms with E-state index in [9.17, 15) is 21.6 Å². The quantitative estimate of drug-likeness (QED) is 0.812. The van der Waals surface area contributed by atoms with Crippen molar-refractivity contribution in [1.29, 1.82) is 0 Å². The van der Waals surface area contributed by atoms with Crippen molar-refractivity contribution in [2.45, 2.75) is 38.8 Å². The van der Waals surface area contributed by atoms with Crippen molar-refractivity contribution in [2.75, 3.05) is 10.5 Å². The Morgan fingerprint density at radius 1 is 1.42 bits per heavy atom. The van der Waals surface area contributed by atoms with Gasteiger partial charge in [0.1, 0.15) is 0 Å². The first-order valence-electron chi connectivity index (χ1n) is 5.83. The highest BCUT2D eigenvalue weighted by Crippen LogP contribution is 2.21. The molecule has 0 spiro atoms. The van der Waals surface area contributed by atoms with Gasteiger partial charge >= 0.3 is 6.18 Å². The highest BCUT2D eigenvalue weighted by atomic mass is 32.2. The van der Waals surface area contributed by atoms with Crippen LogP contribution in [-0.2, 0) is 16.4 Å². The molecule has 1 heterocycles. The summed E-state index contributed by atoms with van der Waals surface area (Å²) in [5, 5.41) is 6.39. The Morgan fingerprint density at radius 2 is 2.11 bits per heavy atom. The standard InChI is InChI=1S/C10H16F3N3O2S/c1-2-4-8-7-9(15-14-8)16-19(17,18)6-3-5-10(11,12)13/h7H,2-6H2,1H3,(H2,14,15,16). The Hall–Kier alpha value is -1.25. The average molecular weight is 299 g/mol. The second-order valence-electron chi connectivity index (χ2n) is 4.17. The molecule has 0 radical (unpaired) electrons. The Kier molecular flexibility index (Phi) is 5.21. The van der Waals surface area contributed by atoms with E-state index in [1.165, 1.54) is 6.07 Å². The van der Waals surface area contributed by atoms with Gasteiger partial charge in [0.05, 0.1) is 5.75 Å². The van der Waals surface area contributed by atoms with E-state index in [1.807, 2.05) is 6.92 Å². The molecule has 1 aromatic heterocycles. The molecule has 0 amide bonds. The van der Waals surface area contributed by atoms with Gasteiger partial charge in [0.25, 0.3) is 0 Å². The number of hydrogen-bond acceptors (Lipinski definition) is 3. The molecule has 2 N–H and O–H groups in total. The smallest absolute Gasteiger partial charge is 0.280 e. The zero-order valence-electron chi connectivity index (χ0n) is 10.4. The molecule has 1 rings (SSSR count). The predicted octanol–water partition coefficient (Wildman–Crippen LogP) is 2.45. The molecule has 0 aliphatic carbocycles. The number of nitrogens with zero attached hydrogens (tertiary/aromatic N) is 1. The van der Waals surface area contributed by atoms with Gasteiger partial charge in [0.2, 0.25) is 10.0 Å². The molecule has 1 aromatic rings. The fourth-order valence-electron chi connectivity index (χ4n) is 1.48. The van der Waals surface area contributed by atoms with E-state index in [2.05, 4.69) is 14.9 Å². The van der Waals surface area contributed by atoms with Crippen molar-refractivity contribution < 1.29 is 21.6 Å². The van der Waals surface area contributed by atoms with Gasteiger partial charge in [-0.25, -0.2) is 8.42 Å². The number of nitrogens with one attached hydrogen (secondary N) is 2. The van der Waals surface area contributed by atoms with Crippen LogP contribution in [0.4, 0.5) is 19.0 Å². The van der Waals surface area contributed by atoms with E-state index in [0.29, 0.717) is 0 Å². The number of halogens is 3. The van der Waals surface area contributed by atoms with Crippen LogP contribution < -0.4 is 4.72 Å². The molecule has 0 atom stereocenters. The second kappa shape index (κ2) is 6.27. The third-order valence-electron chi connectivity index (χ3n) is 2.28. The van der Waals surface area contributed by atoms with Crippen molar-refractivity contribution in [3.05, 3.63) is 11.8 Å². The molecular weight excluding hydrogens is 283 g/mol. The fourth-order valence-corrected chi connectivity index (χ4v) is 2.53. The Labute approximate surface area is 109 Å². The molecule has 110 valence electrons. The molecule has 0 unspecified atom stereocenters. The van der Waals surface area contributed by atoms with Gasteiger partial charge in [-0.05, 0) is 12.8 Å². The number of aromatic nitrogens is 2. The lowest BCUT2D eigenvalue weighted by molar-refractivity contribution is -0.134.